The normalized spacial score (nSPS) is 16.8. The van der Waals surface area contributed by atoms with E-state index in [0.29, 0.717) is 28.0 Å². The first-order valence-electron chi connectivity index (χ1n) is 11.7. The summed E-state index contributed by atoms with van der Waals surface area (Å²) in [5.41, 5.74) is 1.74. The van der Waals surface area contributed by atoms with Gasteiger partial charge in [-0.2, -0.15) is 0 Å². The van der Waals surface area contributed by atoms with Crippen molar-refractivity contribution in [2.45, 2.75) is 32.5 Å². The Balaban J connectivity index is 1.76. The zero-order valence-electron chi connectivity index (χ0n) is 20.7. The Kier molecular flexibility index (Phi) is 7.29. The minimum atomic E-state index is -0.945. The summed E-state index contributed by atoms with van der Waals surface area (Å²) in [5.74, 6) is -1.87. The molecule has 1 amide bonds. The maximum Gasteiger partial charge on any atom is 0.337 e. The van der Waals surface area contributed by atoms with E-state index in [0.717, 1.165) is 0 Å². The van der Waals surface area contributed by atoms with Crippen LogP contribution >= 0.6 is 0 Å². The van der Waals surface area contributed by atoms with E-state index in [1.54, 1.807) is 60.7 Å². The van der Waals surface area contributed by atoms with Gasteiger partial charge in [0.1, 0.15) is 17.3 Å². The molecule has 1 aliphatic rings. The van der Waals surface area contributed by atoms with Crippen LogP contribution < -0.4 is 4.74 Å². The number of likely N-dealkylation sites (tertiary alicyclic amines) is 1. The predicted molar refractivity (Wildman–Crippen MR) is 136 cm³/mol. The van der Waals surface area contributed by atoms with Crippen LogP contribution in [0.1, 0.15) is 46.9 Å². The van der Waals surface area contributed by atoms with E-state index in [9.17, 15) is 24.6 Å². The van der Waals surface area contributed by atoms with E-state index in [2.05, 4.69) is 0 Å². The molecule has 0 saturated carbocycles. The number of aliphatic hydroxyl groups is 1. The molecule has 0 radical (unpaired) electrons. The fourth-order valence-electron chi connectivity index (χ4n) is 4.26. The van der Waals surface area contributed by atoms with Crippen molar-refractivity contribution in [1.82, 2.24) is 4.90 Å². The number of hydrogen-bond acceptors (Lipinski definition) is 7. The number of benzene rings is 3. The van der Waals surface area contributed by atoms with E-state index >= 15 is 0 Å². The molecule has 1 atom stereocenters. The van der Waals surface area contributed by atoms with Crippen LogP contribution in [-0.4, -0.2) is 46.0 Å². The van der Waals surface area contributed by atoms with Gasteiger partial charge in [-0.3, -0.25) is 9.59 Å². The first kappa shape index (κ1) is 25.5. The van der Waals surface area contributed by atoms with Crippen molar-refractivity contribution in [3.05, 3.63) is 101 Å². The molecule has 8 heteroatoms. The summed E-state index contributed by atoms with van der Waals surface area (Å²) in [6.07, 6.45) is -0.0304. The highest BCUT2D eigenvalue weighted by molar-refractivity contribution is 6.46. The molecule has 0 aliphatic carbocycles. The second kappa shape index (κ2) is 10.6. The first-order chi connectivity index (χ1) is 17.7. The molecule has 0 spiro atoms. The largest absolute Gasteiger partial charge is 0.508 e. The number of aromatic hydroxyl groups is 1. The van der Waals surface area contributed by atoms with E-state index in [-0.39, 0.29) is 29.7 Å². The van der Waals surface area contributed by atoms with Gasteiger partial charge >= 0.3 is 5.97 Å². The lowest BCUT2D eigenvalue weighted by molar-refractivity contribution is -0.140. The number of carbonyl (C=O) groups is 3. The summed E-state index contributed by atoms with van der Waals surface area (Å²) < 4.78 is 10.4. The highest BCUT2D eigenvalue weighted by atomic mass is 16.5. The highest BCUT2D eigenvalue weighted by Crippen LogP contribution is 2.41. The third-order valence-electron chi connectivity index (χ3n) is 5.95. The Labute approximate surface area is 214 Å². The zero-order valence-corrected chi connectivity index (χ0v) is 20.7. The second-order valence-electron chi connectivity index (χ2n) is 8.90. The molecule has 190 valence electrons. The quantitative estimate of drug-likeness (QED) is 0.211. The summed E-state index contributed by atoms with van der Waals surface area (Å²) >= 11 is 0. The molecule has 4 rings (SSSR count). The molecule has 1 fully saturated rings. The fraction of sp³-hybridized carbons (Fsp3) is 0.207. The number of amides is 1. The minimum Gasteiger partial charge on any atom is -0.508 e. The Morgan fingerprint density at radius 3 is 2.22 bits per heavy atom. The van der Waals surface area contributed by atoms with Gasteiger partial charge in [0.15, 0.2) is 0 Å². The van der Waals surface area contributed by atoms with Crippen LogP contribution in [0.2, 0.25) is 0 Å². The standard InChI is InChI=1S/C29H27NO7/c1-17(2)37-23-13-11-19(12-14-23)26(32)24-25(21-5-4-6-22(31)15-21)30(28(34)27(24)33)16-18-7-9-20(10-8-18)29(35)36-3/h4-15,17,25,31-32H,16H2,1-3H3/b26-24+. The van der Waals surface area contributed by atoms with E-state index < -0.39 is 23.7 Å². The molecule has 1 heterocycles. The second-order valence-corrected chi connectivity index (χ2v) is 8.90. The number of carbonyl (C=O) groups excluding carboxylic acids is 3. The smallest absolute Gasteiger partial charge is 0.337 e. The lowest BCUT2D eigenvalue weighted by Crippen LogP contribution is -2.29. The van der Waals surface area contributed by atoms with Crippen molar-refractivity contribution in [1.29, 1.82) is 0 Å². The van der Waals surface area contributed by atoms with E-state index in [1.807, 2.05) is 13.8 Å². The van der Waals surface area contributed by atoms with Gasteiger partial charge in [-0.15, -0.1) is 0 Å². The van der Waals surface area contributed by atoms with Crippen molar-refractivity contribution < 1.29 is 34.1 Å². The lowest BCUT2D eigenvalue weighted by Gasteiger charge is -2.25. The number of phenolic OH excluding ortho intramolecular Hbond substituents is 1. The first-order valence-corrected chi connectivity index (χ1v) is 11.7. The van der Waals surface area contributed by atoms with Gasteiger partial charge in [-0.05, 0) is 73.5 Å². The summed E-state index contributed by atoms with van der Waals surface area (Å²) in [6.45, 7) is 3.82. The van der Waals surface area contributed by atoms with Crippen LogP contribution in [0, 0.1) is 0 Å². The average Bonchev–Trinajstić information content (AvgIpc) is 3.13. The van der Waals surface area contributed by atoms with Crippen LogP contribution in [0.25, 0.3) is 5.76 Å². The molecule has 3 aromatic rings. The minimum absolute atomic E-state index is 0.0304. The number of rotatable bonds is 7. The van der Waals surface area contributed by atoms with Gasteiger partial charge in [-0.25, -0.2) is 4.79 Å². The monoisotopic (exact) mass is 501 g/mol. The van der Waals surface area contributed by atoms with Crippen LogP contribution in [-0.2, 0) is 20.9 Å². The maximum absolute atomic E-state index is 13.2. The molecule has 3 aromatic carbocycles. The third-order valence-corrected chi connectivity index (χ3v) is 5.95. The molecule has 1 aliphatic heterocycles. The van der Waals surface area contributed by atoms with Crippen LogP contribution in [0.15, 0.2) is 78.4 Å². The zero-order chi connectivity index (χ0) is 26.7. The molecule has 37 heavy (non-hydrogen) atoms. The number of hydrogen-bond donors (Lipinski definition) is 2. The molecule has 0 aromatic heterocycles. The van der Waals surface area contributed by atoms with Crippen LogP contribution in [0.3, 0.4) is 0 Å². The summed E-state index contributed by atoms with van der Waals surface area (Å²) in [4.78, 5) is 39.5. The Bertz CT molecular complexity index is 1360. The van der Waals surface area contributed by atoms with Crippen molar-refractivity contribution in [2.24, 2.45) is 0 Å². The average molecular weight is 502 g/mol. The van der Waals surface area contributed by atoms with Crippen molar-refractivity contribution in [3.63, 3.8) is 0 Å². The highest BCUT2D eigenvalue weighted by Gasteiger charge is 2.46. The van der Waals surface area contributed by atoms with Crippen LogP contribution in [0.4, 0.5) is 0 Å². The number of aliphatic hydroxyl groups excluding tert-OH is 1. The summed E-state index contributed by atoms with van der Waals surface area (Å²) in [7, 11) is 1.29. The van der Waals surface area contributed by atoms with Gasteiger partial charge < -0.3 is 24.6 Å². The number of ketones is 1. The van der Waals surface area contributed by atoms with E-state index in [1.165, 1.54) is 24.1 Å². The fourth-order valence-corrected chi connectivity index (χ4v) is 4.26. The number of phenols is 1. The number of esters is 1. The molecule has 0 bridgehead atoms. The Hall–Kier alpha value is -4.59. The van der Waals surface area contributed by atoms with Gasteiger partial charge in [-0.1, -0.05) is 24.3 Å². The predicted octanol–water partition coefficient (Wildman–Crippen LogP) is 4.59. The molecule has 1 saturated heterocycles. The van der Waals surface area contributed by atoms with Gasteiger partial charge in [0, 0.05) is 12.1 Å². The molecular formula is C29H27NO7. The number of nitrogens with zero attached hydrogens (tertiary/aromatic N) is 1. The van der Waals surface area contributed by atoms with Gasteiger partial charge in [0.05, 0.1) is 30.4 Å². The topological polar surface area (TPSA) is 113 Å². The van der Waals surface area contributed by atoms with Crippen molar-refractivity contribution >= 4 is 23.4 Å². The summed E-state index contributed by atoms with van der Waals surface area (Å²) in [6, 6.07) is 18.3. The maximum atomic E-state index is 13.2. The van der Waals surface area contributed by atoms with E-state index in [4.69, 9.17) is 9.47 Å². The van der Waals surface area contributed by atoms with Gasteiger partial charge in [0.2, 0.25) is 0 Å². The van der Waals surface area contributed by atoms with Crippen LogP contribution in [0.5, 0.6) is 11.5 Å². The third kappa shape index (κ3) is 5.33. The lowest BCUT2D eigenvalue weighted by atomic mass is 9.95. The summed E-state index contributed by atoms with van der Waals surface area (Å²) in [5, 5.41) is 21.3. The molecule has 1 unspecified atom stereocenters. The SMILES string of the molecule is COC(=O)c1ccc(CN2C(=O)C(=O)/C(=C(/O)c3ccc(OC(C)C)cc3)C2c2cccc(O)c2)cc1. The Morgan fingerprint density at radius 1 is 0.973 bits per heavy atom. The molecular weight excluding hydrogens is 474 g/mol. The molecule has 2 N–H and O–H groups in total. The number of Topliss-reactive ketones (excluding diaryl/α,β-unsaturated/α-hetero) is 1. The molecule has 8 nitrogen and oxygen atoms in total. The van der Waals surface area contributed by atoms with Gasteiger partial charge in [0.25, 0.3) is 11.7 Å². The van der Waals surface area contributed by atoms with Crippen molar-refractivity contribution in [2.75, 3.05) is 7.11 Å². The Morgan fingerprint density at radius 2 is 1.62 bits per heavy atom. The van der Waals surface area contributed by atoms with Crippen molar-refractivity contribution in [3.8, 4) is 11.5 Å². The number of ether oxygens (including phenoxy) is 2. The number of methoxy groups -OCH3 is 1.